The van der Waals surface area contributed by atoms with Crippen molar-refractivity contribution < 1.29 is 19.1 Å². The minimum Gasteiger partial charge on any atom is -0.493 e. The summed E-state index contributed by atoms with van der Waals surface area (Å²) in [7, 11) is 3.05. The number of carbonyl (C=O) groups is 2. The Morgan fingerprint density at radius 3 is 2.23 bits per heavy atom. The zero-order valence-electron chi connectivity index (χ0n) is 15.5. The van der Waals surface area contributed by atoms with E-state index < -0.39 is 0 Å². The second-order valence-electron chi connectivity index (χ2n) is 5.58. The second kappa shape index (κ2) is 8.89. The number of hydrogen-bond donors (Lipinski definition) is 1. The Morgan fingerprint density at radius 1 is 0.923 bits per heavy atom. The van der Waals surface area contributed by atoms with Gasteiger partial charge >= 0.3 is 0 Å². The standard InChI is InChI=1S/C20H24N2O4/c1-5-22(6-2)20(24)15-8-7-9-16(12-15)21-19(23)14-10-11-17(25-3)18(13-14)26-4/h7-13H,5-6H2,1-4H3,(H,21,23). The van der Waals surface area contributed by atoms with Gasteiger partial charge in [-0.3, -0.25) is 9.59 Å². The minimum atomic E-state index is -0.293. The predicted molar refractivity (Wildman–Crippen MR) is 101 cm³/mol. The van der Waals surface area contributed by atoms with Gasteiger partial charge in [0.05, 0.1) is 14.2 Å². The van der Waals surface area contributed by atoms with E-state index in [1.54, 1.807) is 47.4 Å². The summed E-state index contributed by atoms with van der Waals surface area (Å²) in [6, 6.07) is 11.9. The van der Waals surface area contributed by atoms with Crippen molar-refractivity contribution in [3.63, 3.8) is 0 Å². The van der Waals surface area contributed by atoms with Crippen molar-refractivity contribution in [1.29, 1.82) is 0 Å². The van der Waals surface area contributed by atoms with Crippen LogP contribution in [0.25, 0.3) is 0 Å². The highest BCUT2D eigenvalue weighted by Crippen LogP contribution is 2.28. The molecule has 0 saturated carbocycles. The first-order valence-corrected chi connectivity index (χ1v) is 8.46. The first kappa shape index (κ1) is 19.3. The van der Waals surface area contributed by atoms with Gasteiger partial charge in [0.25, 0.3) is 11.8 Å². The Morgan fingerprint density at radius 2 is 1.62 bits per heavy atom. The topological polar surface area (TPSA) is 67.9 Å². The van der Waals surface area contributed by atoms with Crippen molar-refractivity contribution in [3.05, 3.63) is 53.6 Å². The van der Waals surface area contributed by atoms with Gasteiger partial charge in [-0.25, -0.2) is 0 Å². The summed E-state index contributed by atoms with van der Waals surface area (Å²) in [5, 5.41) is 2.81. The maximum absolute atomic E-state index is 12.5. The smallest absolute Gasteiger partial charge is 0.255 e. The lowest BCUT2D eigenvalue weighted by atomic mass is 10.1. The van der Waals surface area contributed by atoms with Crippen molar-refractivity contribution in [2.24, 2.45) is 0 Å². The molecule has 26 heavy (non-hydrogen) atoms. The Hall–Kier alpha value is -3.02. The number of methoxy groups -OCH3 is 2. The van der Waals surface area contributed by atoms with Gasteiger partial charge in [-0.2, -0.15) is 0 Å². The largest absolute Gasteiger partial charge is 0.493 e. The van der Waals surface area contributed by atoms with Crippen LogP contribution < -0.4 is 14.8 Å². The number of ether oxygens (including phenoxy) is 2. The van der Waals surface area contributed by atoms with Gasteiger partial charge in [0.2, 0.25) is 0 Å². The summed E-state index contributed by atoms with van der Waals surface area (Å²) in [4.78, 5) is 26.7. The van der Waals surface area contributed by atoms with Crippen molar-refractivity contribution in [1.82, 2.24) is 4.90 Å². The molecule has 1 N–H and O–H groups in total. The zero-order chi connectivity index (χ0) is 19.1. The molecule has 0 radical (unpaired) electrons. The van der Waals surface area contributed by atoms with E-state index in [-0.39, 0.29) is 11.8 Å². The molecular formula is C20H24N2O4. The number of anilines is 1. The van der Waals surface area contributed by atoms with Crippen LogP contribution in [0.2, 0.25) is 0 Å². The molecule has 0 saturated heterocycles. The molecule has 138 valence electrons. The number of carbonyl (C=O) groups excluding carboxylic acids is 2. The van der Waals surface area contributed by atoms with Crippen molar-refractivity contribution in [3.8, 4) is 11.5 Å². The molecule has 0 aliphatic carbocycles. The number of amides is 2. The highest BCUT2D eigenvalue weighted by molar-refractivity contribution is 6.05. The van der Waals surface area contributed by atoms with Crippen LogP contribution in [-0.4, -0.2) is 44.0 Å². The second-order valence-corrected chi connectivity index (χ2v) is 5.58. The van der Waals surface area contributed by atoms with Crippen molar-refractivity contribution in [2.75, 3.05) is 32.6 Å². The monoisotopic (exact) mass is 356 g/mol. The molecule has 0 atom stereocenters. The first-order valence-electron chi connectivity index (χ1n) is 8.46. The van der Waals surface area contributed by atoms with Gasteiger partial charge in [0, 0.05) is 29.9 Å². The van der Waals surface area contributed by atoms with Gasteiger partial charge in [0.15, 0.2) is 11.5 Å². The number of nitrogens with one attached hydrogen (secondary N) is 1. The molecular weight excluding hydrogens is 332 g/mol. The van der Waals surface area contributed by atoms with E-state index in [4.69, 9.17) is 9.47 Å². The predicted octanol–water partition coefficient (Wildman–Crippen LogP) is 3.44. The highest BCUT2D eigenvalue weighted by atomic mass is 16.5. The maximum Gasteiger partial charge on any atom is 0.255 e. The molecule has 2 amide bonds. The lowest BCUT2D eigenvalue weighted by Gasteiger charge is -2.19. The fourth-order valence-corrected chi connectivity index (χ4v) is 2.60. The van der Waals surface area contributed by atoms with Crippen LogP contribution in [0.15, 0.2) is 42.5 Å². The molecule has 6 heteroatoms. The molecule has 0 spiro atoms. The fourth-order valence-electron chi connectivity index (χ4n) is 2.60. The summed E-state index contributed by atoms with van der Waals surface area (Å²) in [5.74, 6) is 0.678. The van der Waals surface area contributed by atoms with Crippen LogP contribution in [0, 0.1) is 0 Å². The molecule has 0 unspecified atom stereocenters. The molecule has 0 heterocycles. The molecule has 0 aliphatic heterocycles. The number of benzene rings is 2. The Kier molecular flexibility index (Phi) is 6.60. The van der Waals surface area contributed by atoms with Crippen LogP contribution in [-0.2, 0) is 0 Å². The van der Waals surface area contributed by atoms with Crippen molar-refractivity contribution >= 4 is 17.5 Å². The number of nitrogens with zero attached hydrogens (tertiary/aromatic N) is 1. The van der Waals surface area contributed by atoms with E-state index in [0.29, 0.717) is 41.4 Å². The van der Waals surface area contributed by atoms with Gasteiger partial charge in [-0.15, -0.1) is 0 Å². The number of hydrogen-bond acceptors (Lipinski definition) is 4. The van der Waals surface area contributed by atoms with Gasteiger partial charge in [0.1, 0.15) is 0 Å². The third-order valence-corrected chi connectivity index (χ3v) is 4.06. The van der Waals surface area contributed by atoms with Crippen LogP contribution >= 0.6 is 0 Å². The molecule has 0 bridgehead atoms. The lowest BCUT2D eigenvalue weighted by Crippen LogP contribution is -2.30. The fraction of sp³-hybridized carbons (Fsp3) is 0.300. The Labute approximate surface area is 153 Å². The van der Waals surface area contributed by atoms with Gasteiger partial charge in [-0.05, 0) is 50.2 Å². The minimum absolute atomic E-state index is 0.0581. The van der Waals surface area contributed by atoms with E-state index in [2.05, 4.69) is 5.32 Å². The molecule has 6 nitrogen and oxygen atoms in total. The quantitative estimate of drug-likeness (QED) is 0.825. The van der Waals surface area contributed by atoms with E-state index >= 15 is 0 Å². The molecule has 0 fully saturated rings. The molecule has 0 aliphatic rings. The third-order valence-electron chi connectivity index (χ3n) is 4.06. The van der Waals surface area contributed by atoms with Crippen LogP contribution in [0.1, 0.15) is 34.6 Å². The van der Waals surface area contributed by atoms with Crippen LogP contribution in [0.4, 0.5) is 5.69 Å². The summed E-state index contributed by atoms with van der Waals surface area (Å²) < 4.78 is 10.4. The normalized spacial score (nSPS) is 10.2. The highest BCUT2D eigenvalue weighted by Gasteiger charge is 2.14. The summed E-state index contributed by atoms with van der Waals surface area (Å²) in [6.45, 7) is 5.14. The lowest BCUT2D eigenvalue weighted by molar-refractivity contribution is 0.0772. The van der Waals surface area contributed by atoms with E-state index in [1.807, 2.05) is 13.8 Å². The third kappa shape index (κ3) is 4.33. The molecule has 2 aromatic rings. The van der Waals surface area contributed by atoms with Crippen molar-refractivity contribution in [2.45, 2.75) is 13.8 Å². The summed E-state index contributed by atoms with van der Waals surface area (Å²) >= 11 is 0. The van der Waals surface area contributed by atoms with E-state index in [0.717, 1.165) is 0 Å². The van der Waals surface area contributed by atoms with Crippen LogP contribution in [0.5, 0.6) is 11.5 Å². The van der Waals surface area contributed by atoms with Gasteiger partial charge < -0.3 is 19.7 Å². The van der Waals surface area contributed by atoms with E-state index in [9.17, 15) is 9.59 Å². The average Bonchev–Trinajstić information content (AvgIpc) is 2.68. The van der Waals surface area contributed by atoms with Crippen LogP contribution in [0.3, 0.4) is 0 Å². The van der Waals surface area contributed by atoms with Gasteiger partial charge in [-0.1, -0.05) is 6.07 Å². The summed E-state index contributed by atoms with van der Waals surface area (Å²) in [6.07, 6.45) is 0. The molecule has 0 aromatic heterocycles. The zero-order valence-corrected chi connectivity index (χ0v) is 15.5. The SMILES string of the molecule is CCN(CC)C(=O)c1cccc(NC(=O)c2ccc(OC)c(OC)c2)c1. The molecule has 2 rings (SSSR count). The average molecular weight is 356 g/mol. The number of rotatable bonds is 7. The maximum atomic E-state index is 12.5. The Balaban J connectivity index is 2.19. The Bertz CT molecular complexity index is 785. The van der Waals surface area contributed by atoms with E-state index in [1.165, 1.54) is 14.2 Å². The molecule has 2 aromatic carbocycles. The first-order chi connectivity index (χ1) is 12.5. The summed E-state index contributed by atoms with van der Waals surface area (Å²) in [5.41, 5.74) is 1.53.